The molecule has 0 amide bonds. The van der Waals surface area contributed by atoms with E-state index in [2.05, 4.69) is 27.8 Å². The lowest BCUT2D eigenvalue weighted by atomic mass is 9.96. The Morgan fingerprint density at radius 3 is 2.94 bits per heavy atom. The summed E-state index contributed by atoms with van der Waals surface area (Å²) in [5.41, 5.74) is 7.06. The number of benzene rings is 1. The number of nitrogens with two attached hydrogens (primary N) is 1. The van der Waals surface area contributed by atoms with Crippen molar-refractivity contribution in [1.29, 1.82) is 0 Å². The van der Waals surface area contributed by atoms with Gasteiger partial charge in [0.15, 0.2) is 0 Å². The minimum absolute atomic E-state index is 0.172. The highest BCUT2D eigenvalue weighted by Gasteiger charge is 2.25. The van der Waals surface area contributed by atoms with Crippen LogP contribution < -0.4 is 5.73 Å². The van der Waals surface area contributed by atoms with Crippen LogP contribution in [-0.2, 0) is 6.54 Å². The number of hydrogen-bond acceptors (Lipinski definition) is 2. The Bertz CT molecular complexity index is 409. The maximum Gasteiger partial charge on any atom is 0.137 e. The Morgan fingerprint density at radius 2 is 2.28 bits per heavy atom. The zero-order valence-electron chi connectivity index (χ0n) is 10.7. The molecule has 1 fully saturated rings. The van der Waals surface area contributed by atoms with Gasteiger partial charge < -0.3 is 5.73 Å². The third-order valence-corrected chi connectivity index (χ3v) is 4.28. The van der Waals surface area contributed by atoms with Gasteiger partial charge in [-0.15, -0.1) is 0 Å². The Kier molecular flexibility index (Phi) is 4.76. The molecule has 18 heavy (non-hydrogen) atoms. The Labute approximate surface area is 116 Å². The van der Waals surface area contributed by atoms with Crippen LogP contribution in [0.1, 0.15) is 31.7 Å². The van der Waals surface area contributed by atoms with Crippen LogP contribution in [0.15, 0.2) is 22.7 Å². The molecule has 100 valence electrons. The van der Waals surface area contributed by atoms with Crippen LogP contribution in [-0.4, -0.2) is 23.5 Å². The van der Waals surface area contributed by atoms with Gasteiger partial charge >= 0.3 is 0 Å². The number of halogens is 2. The smallest absolute Gasteiger partial charge is 0.137 e. The number of hydrogen-bond donors (Lipinski definition) is 1. The van der Waals surface area contributed by atoms with Crippen LogP contribution >= 0.6 is 15.9 Å². The lowest BCUT2D eigenvalue weighted by Gasteiger charge is -2.38. The van der Waals surface area contributed by atoms with Crippen molar-refractivity contribution >= 4 is 15.9 Å². The molecule has 1 heterocycles. The molecule has 1 saturated heterocycles. The average Bonchev–Trinajstić information content (AvgIpc) is 2.34. The largest absolute Gasteiger partial charge is 0.327 e. The summed E-state index contributed by atoms with van der Waals surface area (Å²) < 4.78 is 14.0. The van der Waals surface area contributed by atoms with Crippen molar-refractivity contribution in [1.82, 2.24) is 4.90 Å². The van der Waals surface area contributed by atoms with E-state index >= 15 is 0 Å². The molecule has 1 aromatic carbocycles. The number of likely N-dealkylation sites (tertiary alicyclic amines) is 1. The molecule has 2 nitrogen and oxygen atoms in total. The normalized spacial score (nSPS) is 23.0. The van der Waals surface area contributed by atoms with Crippen LogP contribution in [0, 0.1) is 5.82 Å². The molecule has 1 aliphatic heterocycles. The monoisotopic (exact) mass is 314 g/mol. The molecular formula is C14H20BrFN2. The minimum Gasteiger partial charge on any atom is -0.327 e. The van der Waals surface area contributed by atoms with Crippen LogP contribution in [0.3, 0.4) is 0 Å². The summed E-state index contributed by atoms with van der Waals surface area (Å²) >= 11 is 3.18. The van der Waals surface area contributed by atoms with Gasteiger partial charge in [0, 0.05) is 18.6 Å². The van der Waals surface area contributed by atoms with E-state index in [0.29, 0.717) is 10.5 Å². The van der Waals surface area contributed by atoms with Crippen LogP contribution in [0.5, 0.6) is 0 Å². The van der Waals surface area contributed by atoms with Crippen LogP contribution in [0.4, 0.5) is 4.39 Å². The maximum atomic E-state index is 13.5. The molecule has 1 aliphatic rings. The summed E-state index contributed by atoms with van der Waals surface area (Å²) in [6.07, 6.45) is 3.61. The first-order valence-electron chi connectivity index (χ1n) is 6.51. The van der Waals surface area contributed by atoms with Crippen molar-refractivity contribution < 1.29 is 4.39 Å². The van der Waals surface area contributed by atoms with E-state index in [1.807, 2.05) is 6.07 Å². The topological polar surface area (TPSA) is 29.3 Å². The predicted molar refractivity (Wildman–Crippen MR) is 75.8 cm³/mol. The molecule has 0 bridgehead atoms. The van der Waals surface area contributed by atoms with Gasteiger partial charge in [0.2, 0.25) is 0 Å². The molecular weight excluding hydrogens is 295 g/mol. The Balaban J connectivity index is 2.08. The van der Waals surface area contributed by atoms with Crippen molar-refractivity contribution in [2.75, 3.05) is 6.54 Å². The molecule has 2 rings (SSSR count). The molecule has 0 saturated carbocycles. The fourth-order valence-electron chi connectivity index (χ4n) is 2.68. The number of rotatable bonds is 3. The van der Waals surface area contributed by atoms with E-state index in [4.69, 9.17) is 5.73 Å². The maximum absolute atomic E-state index is 13.5. The standard InChI is InChI=1S/C14H20BrFN2/c1-10(17)14-4-2-3-7-18(14)9-11-5-6-12(15)13(16)8-11/h5-6,8,10,14H,2-4,7,9,17H2,1H3. The van der Waals surface area contributed by atoms with Crippen molar-refractivity contribution in [3.05, 3.63) is 34.1 Å². The van der Waals surface area contributed by atoms with Crippen LogP contribution in [0.25, 0.3) is 0 Å². The summed E-state index contributed by atoms with van der Waals surface area (Å²) in [4.78, 5) is 2.39. The van der Waals surface area contributed by atoms with Crippen molar-refractivity contribution in [2.24, 2.45) is 5.73 Å². The first-order valence-corrected chi connectivity index (χ1v) is 7.31. The van der Waals surface area contributed by atoms with E-state index in [-0.39, 0.29) is 11.9 Å². The highest BCUT2D eigenvalue weighted by Crippen LogP contribution is 2.23. The van der Waals surface area contributed by atoms with E-state index < -0.39 is 0 Å². The quantitative estimate of drug-likeness (QED) is 0.927. The lowest BCUT2D eigenvalue weighted by molar-refractivity contribution is 0.123. The molecule has 1 aromatic rings. The summed E-state index contributed by atoms with van der Waals surface area (Å²) in [5.74, 6) is -0.193. The van der Waals surface area contributed by atoms with E-state index in [0.717, 1.165) is 25.1 Å². The first-order chi connectivity index (χ1) is 8.58. The van der Waals surface area contributed by atoms with Gasteiger partial charge in [-0.3, -0.25) is 4.90 Å². The summed E-state index contributed by atoms with van der Waals surface area (Å²) in [6.45, 7) is 3.91. The third-order valence-electron chi connectivity index (χ3n) is 3.64. The van der Waals surface area contributed by atoms with Gasteiger partial charge in [-0.05, 0) is 59.9 Å². The van der Waals surface area contributed by atoms with E-state index in [1.54, 1.807) is 12.1 Å². The van der Waals surface area contributed by atoms with Crippen molar-refractivity contribution in [3.63, 3.8) is 0 Å². The van der Waals surface area contributed by atoms with Gasteiger partial charge in [0.25, 0.3) is 0 Å². The summed E-state index contributed by atoms with van der Waals surface area (Å²) in [5, 5.41) is 0. The lowest BCUT2D eigenvalue weighted by Crippen LogP contribution is -2.48. The highest BCUT2D eigenvalue weighted by molar-refractivity contribution is 9.10. The predicted octanol–water partition coefficient (Wildman–Crippen LogP) is 3.29. The van der Waals surface area contributed by atoms with Crippen LogP contribution in [0.2, 0.25) is 0 Å². The average molecular weight is 315 g/mol. The fourth-order valence-corrected chi connectivity index (χ4v) is 2.93. The number of piperidine rings is 1. The molecule has 0 spiro atoms. The molecule has 2 atom stereocenters. The zero-order chi connectivity index (χ0) is 13.1. The molecule has 2 unspecified atom stereocenters. The second-order valence-corrected chi connectivity index (χ2v) is 6.00. The van der Waals surface area contributed by atoms with Gasteiger partial charge in [-0.25, -0.2) is 4.39 Å². The van der Waals surface area contributed by atoms with Crippen molar-refractivity contribution in [2.45, 2.75) is 44.8 Å². The molecule has 2 N–H and O–H groups in total. The molecule has 0 radical (unpaired) electrons. The van der Waals surface area contributed by atoms with Gasteiger partial charge in [-0.2, -0.15) is 0 Å². The molecule has 0 aromatic heterocycles. The molecule has 4 heteroatoms. The minimum atomic E-state index is -0.193. The Hall–Kier alpha value is -0.450. The fraction of sp³-hybridized carbons (Fsp3) is 0.571. The Morgan fingerprint density at radius 1 is 1.50 bits per heavy atom. The summed E-state index contributed by atoms with van der Waals surface area (Å²) in [7, 11) is 0. The number of nitrogens with zero attached hydrogens (tertiary/aromatic N) is 1. The van der Waals surface area contributed by atoms with Crippen molar-refractivity contribution in [3.8, 4) is 0 Å². The van der Waals surface area contributed by atoms with Gasteiger partial charge in [0.1, 0.15) is 5.82 Å². The van der Waals surface area contributed by atoms with E-state index in [9.17, 15) is 4.39 Å². The van der Waals surface area contributed by atoms with Gasteiger partial charge in [-0.1, -0.05) is 12.5 Å². The second-order valence-electron chi connectivity index (χ2n) is 5.14. The molecule has 0 aliphatic carbocycles. The SMILES string of the molecule is CC(N)C1CCCCN1Cc1ccc(Br)c(F)c1. The van der Waals surface area contributed by atoms with E-state index in [1.165, 1.54) is 12.8 Å². The second kappa shape index (κ2) is 6.13. The zero-order valence-corrected chi connectivity index (χ0v) is 12.3. The first kappa shape index (κ1) is 14.0. The summed E-state index contributed by atoms with van der Waals surface area (Å²) in [6, 6.07) is 5.95. The third kappa shape index (κ3) is 3.31. The highest BCUT2D eigenvalue weighted by atomic mass is 79.9. The van der Waals surface area contributed by atoms with Gasteiger partial charge in [0.05, 0.1) is 4.47 Å².